The average Bonchev–Trinajstić information content (AvgIpc) is 2.29. The fourth-order valence-corrected chi connectivity index (χ4v) is 2.61. The Morgan fingerprint density at radius 2 is 1.94 bits per heavy atom. The van der Waals surface area contributed by atoms with Crippen LogP contribution in [0.3, 0.4) is 0 Å². The summed E-state index contributed by atoms with van der Waals surface area (Å²) < 4.78 is 0. The number of hydrogen-bond donors (Lipinski definition) is 1. The fourth-order valence-electron chi connectivity index (χ4n) is 2.53. The highest BCUT2D eigenvalue weighted by atomic mass is 35.5. The number of likely N-dealkylation sites (tertiary alicyclic amines) is 1. The minimum Gasteiger partial charge on any atom is -0.309 e. The maximum absolute atomic E-state index is 5.75. The van der Waals surface area contributed by atoms with Crippen LogP contribution in [0.25, 0.3) is 0 Å². The zero-order valence-corrected chi connectivity index (χ0v) is 11.4. The van der Waals surface area contributed by atoms with Gasteiger partial charge in [0.1, 0.15) is 0 Å². The van der Waals surface area contributed by atoms with Crippen LogP contribution >= 0.6 is 11.6 Å². The second-order valence-corrected chi connectivity index (χ2v) is 5.21. The van der Waals surface area contributed by atoms with Gasteiger partial charge in [-0.2, -0.15) is 0 Å². The molecule has 0 spiro atoms. The Labute approximate surface area is 105 Å². The fraction of sp³-hybridized carbons (Fsp3) is 0.846. The zero-order valence-electron chi connectivity index (χ0n) is 10.6. The predicted molar refractivity (Wildman–Crippen MR) is 72.0 cm³/mol. The van der Waals surface area contributed by atoms with E-state index in [1.165, 1.54) is 38.8 Å². The molecule has 1 aliphatic rings. The summed E-state index contributed by atoms with van der Waals surface area (Å²) in [5.74, 6) is 0. The van der Waals surface area contributed by atoms with Crippen molar-refractivity contribution in [3.05, 3.63) is 11.6 Å². The predicted octanol–water partition coefficient (Wildman–Crippen LogP) is 2.98. The highest BCUT2D eigenvalue weighted by Gasteiger charge is 2.22. The van der Waals surface area contributed by atoms with Crippen molar-refractivity contribution < 1.29 is 0 Å². The lowest BCUT2D eigenvalue weighted by molar-refractivity contribution is 0.137. The smallest absolute Gasteiger partial charge is 0.0310 e. The number of nitrogens with one attached hydrogen (secondary N) is 1. The summed E-state index contributed by atoms with van der Waals surface area (Å²) in [7, 11) is 0. The van der Waals surface area contributed by atoms with Crippen LogP contribution in [0, 0.1) is 0 Å². The third kappa shape index (κ3) is 4.44. The summed E-state index contributed by atoms with van der Waals surface area (Å²) in [4.78, 5) is 2.63. The van der Waals surface area contributed by atoms with E-state index in [-0.39, 0.29) is 0 Å². The minimum atomic E-state index is 0.626. The van der Waals surface area contributed by atoms with Gasteiger partial charge in [-0.25, -0.2) is 0 Å². The summed E-state index contributed by atoms with van der Waals surface area (Å²) >= 11 is 5.75. The summed E-state index contributed by atoms with van der Waals surface area (Å²) in [6, 6.07) is 1.41. The van der Waals surface area contributed by atoms with Gasteiger partial charge in [0.15, 0.2) is 0 Å². The van der Waals surface area contributed by atoms with Crippen LogP contribution in [0.5, 0.6) is 0 Å². The van der Waals surface area contributed by atoms with Gasteiger partial charge in [0.25, 0.3) is 0 Å². The van der Waals surface area contributed by atoms with Gasteiger partial charge in [-0.05, 0) is 38.8 Å². The molecule has 0 aliphatic carbocycles. The molecule has 0 saturated carbocycles. The Morgan fingerprint density at radius 3 is 2.38 bits per heavy atom. The Hall–Kier alpha value is -0.0500. The molecule has 3 heteroatoms. The Kier molecular flexibility index (Phi) is 6.40. The first-order chi connectivity index (χ1) is 7.67. The molecular formula is C13H25ClN2. The first-order valence-electron chi connectivity index (χ1n) is 6.48. The second-order valence-electron chi connectivity index (χ2n) is 4.68. The van der Waals surface area contributed by atoms with Crippen molar-refractivity contribution in [3.63, 3.8) is 0 Å². The van der Waals surface area contributed by atoms with Gasteiger partial charge in [-0.15, -0.1) is 0 Å². The van der Waals surface area contributed by atoms with E-state index in [0.717, 1.165) is 12.6 Å². The van der Waals surface area contributed by atoms with Crippen LogP contribution < -0.4 is 5.32 Å². The molecule has 1 heterocycles. The van der Waals surface area contributed by atoms with Gasteiger partial charge in [-0.1, -0.05) is 32.0 Å². The van der Waals surface area contributed by atoms with Crippen LogP contribution in [0.15, 0.2) is 11.6 Å². The van der Waals surface area contributed by atoms with Crippen LogP contribution in [-0.2, 0) is 0 Å². The third-order valence-corrected chi connectivity index (χ3v) is 3.70. The molecule has 0 atom stereocenters. The van der Waals surface area contributed by atoms with Crippen molar-refractivity contribution in [2.24, 2.45) is 0 Å². The van der Waals surface area contributed by atoms with E-state index >= 15 is 0 Å². The monoisotopic (exact) mass is 244 g/mol. The van der Waals surface area contributed by atoms with Crippen molar-refractivity contribution in [2.45, 2.75) is 51.6 Å². The molecular weight excluding hydrogens is 220 g/mol. The molecule has 2 nitrogen and oxygen atoms in total. The zero-order chi connectivity index (χ0) is 12.0. The molecule has 0 unspecified atom stereocenters. The molecule has 0 bridgehead atoms. The molecule has 94 valence electrons. The molecule has 0 aromatic rings. The molecule has 0 amide bonds. The molecule has 0 radical (unpaired) electrons. The highest BCUT2D eigenvalue weighted by Crippen LogP contribution is 2.17. The molecule has 1 fully saturated rings. The van der Waals surface area contributed by atoms with Crippen molar-refractivity contribution in [1.82, 2.24) is 10.2 Å². The van der Waals surface area contributed by atoms with E-state index in [1.807, 2.05) is 0 Å². The summed E-state index contributed by atoms with van der Waals surface area (Å²) in [5, 5.41) is 4.17. The van der Waals surface area contributed by atoms with E-state index in [0.29, 0.717) is 11.1 Å². The number of nitrogens with zero attached hydrogens (tertiary/aromatic N) is 1. The maximum Gasteiger partial charge on any atom is 0.0310 e. The lowest BCUT2D eigenvalue weighted by Crippen LogP contribution is -2.46. The lowest BCUT2D eigenvalue weighted by Gasteiger charge is -2.37. The van der Waals surface area contributed by atoms with Crippen LogP contribution in [0.2, 0.25) is 0 Å². The SMILES string of the molecule is C=C(Cl)CNC1CCN(C(CC)CC)CC1. The molecule has 1 N–H and O–H groups in total. The van der Waals surface area contributed by atoms with Crippen molar-refractivity contribution in [2.75, 3.05) is 19.6 Å². The van der Waals surface area contributed by atoms with Crippen LogP contribution in [0.1, 0.15) is 39.5 Å². The number of piperidine rings is 1. The van der Waals surface area contributed by atoms with Crippen LogP contribution in [0.4, 0.5) is 0 Å². The summed E-state index contributed by atoms with van der Waals surface area (Å²) in [6.45, 7) is 11.5. The Bertz CT molecular complexity index is 206. The van der Waals surface area contributed by atoms with Gasteiger partial charge >= 0.3 is 0 Å². The van der Waals surface area contributed by atoms with Gasteiger partial charge in [0, 0.05) is 23.7 Å². The van der Waals surface area contributed by atoms with Crippen molar-refractivity contribution in [3.8, 4) is 0 Å². The summed E-state index contributed by atoms with van der Waals surface area (Å²) in [6.07, 6.45) is 5.02. The quantitative estimate of drug-likeness (QED) is 0.773. The van der Waals surface area contributed by atoms with Crippen LogP contribution in [-0.4, -0.2) is 36.6 Å². The molecule has 1 aliphatic heterocycles. The molecule has 16 heavy (non-hydrogen) atoms. The molecule has 0 aromatic heterocycles. The van der Waals surface area contributed by atoms with E-state index in [1.54, 1.807) is 0 Å². The topological polar surface area (TPSA) is 15.3 Å². The van der Waals surface area contributed by atoms with Gasteiger partial charge in [0.05, 0.1) is 0 Å². The Balaban J connectivity index is 2.25. The lowest BCUT2D eigenvalue weighted by atomic mass is 10.0. The third-order valence-electron chi connectivity index (χ3n) is 3.57. The first kappa shape index (κ1) is 14.0. The van der Waals surface area contributed by atoms with E-state index in [9.17, 15) is 0 Å². The average molecular weight is 245 g/mol. The second kappa shape index (κ2) is 7.31. The minimum absolute atomic E-state index is 0.626. The number of rotatable bonds is 6. The highest BCUT2D eigenvalue weighted by molar-refractivity contribution is 6.29. The first-order valence-corrected chi connectivity index (χ1v) is 6.85. The maximum atomic E-state index is 5.75. The molecule has 1 rings (SSSR count). The van der Waals surface area contributed by atoms with E-state index in [2.05, 4.69) is 30.6 Å². The van der Waals surface area contributed by atoms with Gasteiger partial charge in [-0.3, -0.25) is 0 Å². The summed E-state index contributed by atoms with van der Waals surface area (Å²) in [5.41, 5.74) is 0. The number of halogens is 1. The van der Waals surface area contributed by atoms with E-state index < -0.39 is 0 Å². The van der Waals surface area contributed by atoms with Crippen molar-refractivity contribution in [1.29, 1.82) is 0 Å². The Morgan fingerprint density at radius 1 is 1.38 bits per heavy atom. The number of hydrogen-bond acceptors (Lipinski definition) is 2. The van der Waals surface area contributed by atoms with Gasteiger partial charge in [0.2, 0.25) is 0 Å². The van der Waals surface area contributed by atoms with E-state index in [4.69, 9.17) is 11.6 Å². The van der Waals surface area contributed by atoms with Crippen molar-refractivity contribution >= 4 is 11.6 Å². The largest absolute Gasteiger partial charge is 0.309 e. The van der Waals surface area contributed by atoms with Gasteiger partial charge < -0.3 is 10.2 Å². The standard InChI is InChI=1S/C13H25ClN2/c1-4-13(5-2)16-8-6-12(7-9-16)15-10-11(3)14/h12-13,15H,3-10H2,1-2H3. The normalized spacial score (nSPS) is 19.2. The molecule has 0 aromatic carbocycles. The molecule has 1 saturated heterocycles.